The summed E-state index contributed by atoms with van der Waals surface area (Å²) in [6.07, 6.45) is -9.24. The minimum Gasteiger partial charge on any atom is -0.210 e. The molecule has 0 aromatic rings. The van der Waals surface area contributed by atoms with Crippen LogP contribution in [0.5, 0.6) is 0 Å². The second-order valence-corrected chi connectivity index (χ2v) is 1.04. The topological polar surface area (TPSA) is 0 Å². The molecule has 0 fully saturated rings. The van der Waals surface area contributed by atoms with Crippen molar-refractivity contribution in [3.8, 4) is 0 Å². The van der Waals surface area contributed by atoms with E-state index < -0.39 is 19.0 Å². The van der Waals surface area contributed by atoms with Crippen LogP contribution in [0.15, 0.2) is 0 Å². The molecule has 0 saturated carbocycles. The Bertz CT molecular complexity index is 62.6. The second kappa shape index (κ2) is 2.28. The monoisotopic (exact) mass is 133 g/mol. The molecule has 0 saturated heterocycles. The summed E-state index contributed by atoms with van der Waals surface area (Å²) in [7, 11) is 0. The Balaban J connectivity index is 3.39. The molecule has 1 radical (unpaired) electrons. The number of hydrogen-bond donors (Lipinski definition) is 0. The molecule has 8 heavy (non-hydrogen) atoms. The Morgan fingerprint density at radius 2 is 1.50 bits per heavy atom. The van der Waals surface area contributed by atoms with E-state index in [1.54, 1.807) is 0 Å². The summed E-state index contributed by atoms with van der Waals surface area (Å²) >= 11 is 0. The highest BCUT2D eigenvalue weighted by molar-refractivity contribution is 4.76. The molecule has 0 aliphatic carbocycles. The molecule has 0 bridgehead atoms. The lowest BCUT2D eigenvalue weighted by Crippen LogP contribution is -2.13. The lowest BCUT2D eigenvalue weighted by molar-refractivity contribution is -0.113. The summed E-state index contributed by atoms with van der Waals surface area (Å²) < 4.78 is 53.8. The highest BCUT2D eigenvalue weighted by atomic mass is 19.4. The van der Waals surface area contributed by atoms with Gasteiger partial charge in [-0.3, -0.25) is 0 Å². The molecule has 0 atom stereocenters. The van der Waals surface area contributed by atoms with Crippen LogP contribution in [0.4, 0.5) is 22.0 Å². The van der Waals surface area contributed by atoms with E-state index in [4.69, 9.17) is 0 Å². The smallest absolute Gasteiger partial charge is 0.210 e. The van der Waals surface area contributed by atoms with Crippen LogP contribution in [0.25, 0.3) is 0 Å². The average Bonchev–Trinajstić information content (AvgIpc) is 1.21. The van der Waals surface area contributed by atoms with E-state index in [0.29, 0.717) is 0 Å². The SMILES string of the molecule is FC(F)[CH]C(F)(F)F. The summed E-state index contributed by atoms with van der Waals surface area (Å²) in [5, 5.41) is 0. The van der Waals surface area contributed by atoms with Gasteiger partial charge < -0.3 is 0 Å². The Labute approximate surface area is 42.3 Å². The molecule has 0 amide bonds. The zero-order valence-electron chi connectivity index (χ0n) is 3.54. The van der Waals surface area contributed by atoms with Crippen molar-refractivity contribution in [1.82, 2.24) is 0 Å². The third-order valence-corrected chi connectivity index (χ3v) is 0.315. The Morgan fingerprint density at radius 1 is 1.12 bits per heavy atom. The first kappa shape index (κ1) is 7.65. The van der Waals surface area contributed by atoms with Gasteiger partial charge in [0, 0.05) is 0 Å². The standard InChI is InChI=1S/C3H2F5/c4-2(5)1-3(6,7)8/h1-2H. The zero-order chi connectivity index (χ0) is 6.78. The quantitative estimate of drug-likeness (QED) is 0.480. The lowest BCUT2D eigenvalue weighted by Gasteiger charge is -2.01. The van der Waals surface area contributed by atoms with Gasteiger partial charge in [-0.25, -0.2) is 8.78 Å². The molecule has 0 aromatic heterocycles. The first-order valence-electron chi connectivity index (χ1n) is 1.63. The van der Waals surface area contributed by atoms with E-state index in [2.05, 4.69) is 0 Å². The van der Waals surface area contributed by atoms with E-state index in [0.717, 1.165) is 0 Å². The van der Waals surface area contributed by atoms with E-state index in [1.807, 2.05) is 0 Å². The fourth-order valence-electron chi connectivity index (χ4n) is 0.143. The molecule has 0 rings (SSSR count). The second-order valence-electron chi connectivity index (χ2n) is 1.04. The minimum atomic E-state index is -4.85. The predicted molar refractivity (Wildman–Crippen MR) is 16.4 cm³/mol. The van der Waals surface area contributed by atoms with Crippen molar-refractivity contribution < 1.29 is 22.0 Å². The maximum Gasteiger partial charge on any atom is 0.398 e. The van der Waals surface area contributed by atoms with Crippen LogP contribution >= 0.6 is 0 Å². The first-order chi connectivity index (χ1) is 3.42. The highest BCUT2D eigenvalue weighted by Gasteiger charge is 2.32. The van der Waals surface area contributed by atoms with Gasteiger partial charge in [-0.2, -0.15) is 13.2 Å². The van der Waals surface area contributed by atoms with Crippen molar-refractivity contribution in [2.24, 2.45) is 0 Å². The summed E-state index contributed by atoms with van der Waals surface area (Å²) in [6.45, 7) is 0. The van der Waals surface area contributed by atoms with Crippen molar-refractivity contribution in [3.63, 3.8) is 0 Å². The molecule has 0 heterocycles. The molecule has 0 N–H and O–H groups in total. The fraction of sp³-hybridized carbons (Fsp3) is 0.667. The normalized spacial score (nSPS) is 12.8. The van der Waals surface area contributed by atoms with E-state index in [-0.39, 0.29) is 0 Å². The third kappa shape index (κ3) is 5.65. The summed E-state index contributed by atoms with van der Waals surface area (Å²) in [5.74, 6) is 0. The molecule has 0 unspecified atom stereocenters. The third-order valence-electron chi connectivity index (χ3n) is 0.315. The van der Waals surface area contributed by atoms with E-state index >= 15 is 0 Å². The van der Waals surface area contributed by atoms with Gasteiger partial charge in [0.25, 0.3) is 6.43 Å². The van der Waals surface area contributed by atoms with Gasteiger partial charge in [-0.05, 0) is 0 Å². The Kier molecular flexibility index (Phi) is 2.18. The summed E-state index contributed by atoms with van der Waals surface area (Å²) in [5.41, 5.74) is 0. The van der Waals surface area contributed by atoms with Gasteiger partial charge in [0.15, 0.2) is 0 Å². The highest BCUT2D eigenvalue weighted by Crippen LogP contribution is 2.21. The van der Waals surface area contributed by atoms with Crippen LogP contribution in [0.2, 0.25) is 0 Å². The molecule has 0 aliphatic rings. The van der Waals surface area contributed by atoms with Gasteiger partial charge >= 0.3 is 6.18 Å². The zero-order valence-corrected chi connectivity index (χ0v) is 3.54. The van der Waals surface area contributed by atoms with Crippen molar-refractivity contribution in [2.75, 3.05) is 0 Å². The number of halogens is 5. The molecule has 49 valence electrons. The number of hydrogen-bond acceptors (Lipinski definition) is 0. The van der Waals surface area contributed by atoms with Crippen molar-refractivity contribution >= 4 is 0 Å². The Hall–Kier alpha value is -0.350. The predicted octanol–water partition coefficient (Wildman–Crippen LogP) is 2.02. The van der Waals surface area contributed by atoms with Crippen LogP contribution in [-0.2, 0) is 0 Å². The summed E-state index contributed by atoms with van der Waals surface area (Å²) in [4.78, 5) is 0. The van der Waals surface area contributed by atoms with Crippen LogP contribution in [-0.4, -0.2) is 12.6 Å². The maximum atomic E-state index is 10.8. The molecule has 5 heteroatoms. The first-order valence-corrected chi connectivity index (χ1v) is 1.63. The van der Waals surface area contributed by atoms with Gasteiger partial charge in [0.2, 0.25) is 0 Å². The maximum absolute atomic E-state index is 10.8. The molecule has 0 spiro atoms. The van der Waals surface area contributed by atoms with Gasteiger partial charge in [0.1, 0.15) is 6.42 Å². The number of alkyl halides is 5. The molecule has 0 aliphatic heterocycles. The minimum absolute atomic E-state index is 0.979. The van der Waals surface area contributed by atoms with Crippen LogP contribution in [0, 0.1) is 6.42 Å². The van der Waals surface area contributed by atoms with Crippen molar-refractivity contribution in [2.45, 2.75) is 12.6 Å². The average molecular weight is 133 g/mol. The number of rotatable bonds is 1. The van der Waals surface area contributed by atoms with Crippen LogP contribution < -0.4 is 0 Å². The molecule has 0 aromatic carbocycles. The van der Waals surface area contributed by atoms with Gasteiger partial charge in [-0.15, -0.1) is 0 Å². The molecule has 0 nitrogen and oxygen atoms in total. The lowest BCUT2D eigenvalue weighted by atomic mass is 10.4. The van der Waals surface area contributed by atoms with E-state index in [1.165, 1.54) is 0 Å². The summed E-state index contributed by atoms with van der Waals surface area (Å²) in [6, 6.07) is 0. The van der Waals surface area contributed by atoms with Crippen molar-refractivity contribution in [1.29, 1.82) is 0 Å². The molecular formula is C3H2F5. The fourth-order valence-corrected chi connectivity index (χ4v) is 0.143. The van der Waals surface area contributed by atoms with Gasteiger partial charge in [0.05, 0.1) is 0 Å². The van der Waals surface area contributed by atoms with E-state index in [9.17, 15) is 22.0 Å². The Morgan fingerprint density at radius 3 is 1.50 bits per heavy atom. The molecular weight excluding hydrogens is 131 g/mol. The van der Waals surface area contributed by atoms with Crippen molar-refractivity contribution in [3.05, 3.63) is 6.42 Å². The largest absolute Gasteiger partial charge is 0.398 e. The van der Waals surface area contributed by atoms with Gasteiger partial charge in [-0.1, -0.05) is 0 Å². The van der Waals surface area contributed by atoms with Crippen LogP contribution in [0.1, 0.15) is 0 Å². The van der Waals surface area contributed by atoms with Crippen LogP contribution in [0.3, 0.4) is 0 Å².